The molecule has 2 fully saturated rings. The zero-order chi connectivity index (χ0) is 24.4. The van der Waals surface area contributed by atoms with Crippen LogP contribution in [0.3, 0.4) is 0 Å². The van der Waals surface area contributed by atoms with Gasteiger partial charge in [0.05, 0.1) is 0 Å². The van der Waals surface area contributed by atoms with Crippen molar-refractivity contribution in [3.8, 4) is 0 Å². The molecule has 0 saturated carbocycles. The Morgan fingerprint density at radius 1 is 0.657 bits per heavy atom. The minimum atomic E-state index is -0.0471. The maximum Gasteiger partial charge on any atom is 0.241 e. The lowest BCUT2D eigenvalue weighted by Gasteiger charge is -2.37. The van der Waals surface area contributed by atoms with Crippen LogP contribution in [0.4, 0.5) is 29.2 Å². The van der Waals surface area contributed by atoms with Crippen LogP contribution in [-0.4, -0.2) is 65.3 Å². The van der Waals surface area contributed by atoms with E-state index in [4.69, 9.17) is 37.9 Å². The number of rotatable bonds is 5. The highest BCUT2D eigenvalue weighted by atomic mass is 15.4. The second-order valence-electron chi connectivity index (χ2n) is 9.49. The van der Waals surface area contributed by atoms with Gasteiger partial charge >= 0.3 is 0 Å². The fourth-order valence-electron chi connectivity index (χ4n) is 4.89. The van der Waals surface area contributed by atoms with Crippen molar-refractivity contribution in [2.75, 3.05) is 40.9 Å². The molecule has 10 heteroatoms. The molecule has 4 atom stereocenters. The van der Waals surface area contributed by atoms with Crippen LogP contribution in [-0.2, 0) is 0 Å². The van der Waals surface area contributed by atoms with Gasteiger partial charge in [-0.25, -0.2) is 0 Å². The van der Waals surface area contributed by atoms with Crippen molar-refractivity contribution in [2.24, 2.45) is 22.9 Å². The molecule has 2 aliphatic heterocycles. The molecular weight excluding hydrogens is 440 g/mol. The van der Waals surface area contributed by atoms with Gasteiger partial charge in [-0.2, -0.15) is 15.0 Å². The molecule has 3 aromatic rings. The number of nitrogens with two attached hydrogens (primary N) is 4. The van der Waals surface area contributed by atoms with Crippen LogP contribution in [0.1, 0.15) is 12.8 Å². The van der Waals surface area contributed by atoms with E-state index in [2.05, 4.69) is 15.9 Å². The molecule has 0 unspecified atom stereocenters. The molecule has 183 valence electrons. The van der Waals surface area contributed by atoms with Gasteiger partial charge in [-0.15, -0.1) is 0 Å². The summed E-state index contributed by atoms with van der Waals surface area (Å²) in [5.74, 6) is 1.60. The summed E-state index contributed by atoms with van der Waals surface area (Å²) in [6.07, 6.45) is 1.54. The average Bonchev–Trinajstić information content (AvgIpc) is 2.84. The number of nitrogens with zero attached hydrogens (tertiary/aromatic N) is 6. The predicted octanol–water partition coefficient (Wildman–Crippen LogP) is 0.871. The van der Waals surface area contributed by atoms with Crippen LogP contribution in [0.25, 0.3) is 0 Å². The summed E-state index contributed by atoms with van der Waals surface area (Å²) in [7, 11) is 0. The third-order valence-corrected chi connectivity index (χ3v) is 6.37. The first-order chi connectivity index (χ1) is 17.0. The third kappa shape index (κ3) is 5.35. The van der Waals surface area contributed by atoms with E-state index in [1.165, 1.54) is 0 Å². The molecule has 0 spiro atoms. The zero-order valence-electron chi connectivity index (χ0n) is 19.7. The van der Waals surface area contributed by atoms with E-state index in [1.54, 1.807) is 0 Å². The van der Waals surface area contributed by atoms with Crippen molar-refractivity contribution < 1.29 is 0 Å². The Balaban J connectivity index is 1.63. The van der Waals surface area contributed by atoms with Gasteiger partial charge < -0.3 is 32.7 Å². The van der Waals surface area contributed by atoms with E-state index in [-0.39, 0.29) is 24.2 Å². The average molecular weight is 474 g/mol. The Morgan fingerprint density at radius 3 is 1.60 bits per heavy atom. The van der Waals surface area contributed by atoms with Gasteiger partial charge in [0.1, 0.15) is 0 Å². The summed E-state index contributed by atoms with van der Waals surface area (Å²) < 4.78 is 0. The SMILES string of the molecule is N[C@@H]1C[C@H](N)CN(c2nc(N3C[C@H](N)C[C@H](N)C3)nc(N(c3cc[c]cc3)c3ccccc3)n2)C1. The van der Waals surface area contributed by atoms with Gasteiger partial charge in [0, 0.05) is 61.7 Å². The lowest BCUT2D eigenvalue weighted by atomic mass is 10.0. The lowest BCUT2D eigenvalue weighted by molar-refractivity contribution is 0.441. The summed E-state index contributed by atoms with van der Waals surface area (Å²) >= 11 is 0. The Hall–Kier alpha value is -3.31. The van der Waals surface area contributed by atoms with Crippen LogP contribution in [0.2, 0.25) is 0 Å². The number of piperidine rings is 2. The highest BCUT2D eigenvalue weighted by Gasteiger charge is 2.30. The molecular formula is C25H33N10. The second-order valence-corrected chi connectivity index (χ2v) is 9.49. The molecule has 5 rings (SSSR count). The number of para-hydroxylation sites is 1. The van der Waals surface area contributed by atoms with Crippen molar-refractivity contribution in [3.63, 3.8) is 0 Å². The summed E-state index contributed by atoms with van der Waals surface area (Å²) in [5, 5.41) is 0. The predicted molar refractivity (Wildman–Crippen MR) is 139 cm³/mol. The minimum Gasteiger partial charge on any atom is -0.338 e. The van der Waals surface area contributed by atoms with E-state index in [0.717, 1.165) is 24.2 Å². The zero-order valence-corrected chi connectivity index (χ0v) is 19.7. The summed E-state index contributed by atoms with van der Waals surface area (Å²) in [6.45, 7) is 2.50. The van der Waals surface area contributed by atoms with E-state index in [0.29, 0.717) is 44.0 Å². The molecule has 0 bridgehead atoms. The highest BCUT2D eigenvalue weighted by molar-refractivity contribution is 5.73. The number of anilines is 5. The van der Waals surface area contributed by atoms with Crippen molar-refractivity contribution >= 4 is 29.2 Å². The van der Waals surface area contributed by atoms with Gasteiger partial charge in [-0.1, -0.05) is 30.3 Å². The first-order valence-corrected chi connectivity index (χ1v) is 12.1. The standard InChI is InChI=1S/C25H33N10/c26-17-11-18(27)14-33(13-17)23-30-24(34-15-19(28)12-20(29)16-34)32-25(31-23)35(21-7-3-1-4-8-21)22-9-5-2-6-10-22/h1,3-10,17-20H,11-16,26-29H2/t17-,18+,19-,20+. The monoisotopic (exact) mass is 473 g/mol. The number of hydrogen-bond donors (Lipinski definition) is 4. The summed E-state index contributed by atoms with van der Waals surface area (Å²) in [5.41, 5.74) is 27.0. The highest BCUT2D eigenvalue weighted by Crippen LogP contribution is 2.34. The Kier molecular flexibility index (Phi) is 6.78. The van der Waals surface area contributed by atoms with E-state index in [1.807, 2.05) is 59.5 Å². The van der Waals surface area contributed by atoms with Gasteiger partial charge in [0.25, 0.3) is 0 Å². The molecule has 2 aliphatic rings. The third-order valence-electron chi connectivity index (χ3n) is 6.37. The fourth-order valence-corrected chi connectivity index (χ4v) is 4.89. The van der Waals surface area contributed by atoms with Crippen molar-refractivity contribution in [1.29, 1.82) is 0 Å². The molecule has 0 aliphatic carbocycles. The lowest BCUT2D eigenvalue weighted by Crippen LogP contribution is -2.54. The number of aromatic nitrogens is 3. The molecule has 35 heavy (non-hydrogen) atoms. The van der Waals surface area contributed by atoms with E-state index in [9.17, 15) is 0 Å². The molecule has 2 aromatic carbocycles. The fraction of sp³-hybridized carbons (Fsp3) is 0.400. The van der Waals surface area contributed by atoms with Gasteiger partial charge in [0.2, 0.25) is 17.8 Å². The second kappa shape index (κ2) is 10.1. The first-order valence-electron chi connectivity index (χ1n) is 12.1. The van der Waals surface area contributed by atoms with Crippen LogP contribution in [0, 0.1) is 6.07 Å². The maximum atomic E-state index is 6.30. The van der Waals surface area contributed by atoms with Crippen molar-refractivity contribution in [3.05, 3.63) is 60.7 Å². The Morgan fingerprint density at radius 2 is 1.11 bits per heavy atom. The molecule has 10 nitrogen and oxygen atoms in total. The summed E-state index contributed by atoms with van der Waals surface area (Å²) in [6, 6.07) is 20.6. The smallest absolute Gasteiger partial charge is 0.241 e. The molecule has 2 saturated heterocycles. The van der Waals surface area contributed by atoms with Crippen LogP contribution in [0.15, 0.2) is 54.6 Å². The quantitative estimate of drug-likeness (QED) is 0.420. The maximum absolute atomic E-state index is 6.30. The van der Waals surface area contributed by atoms with E-state index >= 15 is 0 Å². The van der Waals surface area contributed by atoms with Gasteiger partial charge in [0.15, 0.2) is 0 Å². The molecule has 3 heterocycles. The van der Waals surface area contributed by atoms with Crippen LogP contribution in [0.5, 0.6) is 0 Å². The van der Waals surface area contributed by atoms with Gasteiger partial charge in [-0.3, -0.25) is 4.90 Å². The Labute approximate surface area is 205 Å². The van der Waals surface area contributed by atoms with E-state index < -0.39 is 0 Å². The topological polar surface area (TPSA) is 152 Å². The van der Waals surface area contributed by atoms with Gasteiger partial charge in [-0.05, 0) is 43.2 Å². The molecule has 1 radical (unpaired) electrons. The van der Waals surface area contributed by atoms with Crippen LogP contribution >= 0.6 is 0 Å². The largest absolute Gasteiger partial charge is 0.338 e. The number of hydrogen-bond acceptors (Lipinski definition) is 10. The molecule has 8 N–H and O–H groups in total. The normalized spacial score (nSPS) is 24.9. The van der Waals surface area contributed by atoms with Crippen molar-refractivity contribution in [2.45, 2.75) is 37.0 Å². The molecule has 0 amide bonds. The first kappa shape index (κ1) is 23.4. The van der Waals surface area contributed by atoms with Crippen LogP contribution < -0.4 is 37.6 Å². The molecule has 1 aromatic heterocycles. The van der Waals surface area contributed by atoms with Crippen molar-refractivity contribution in [1.82, 2.24) is 15.0 Å². The summed E-state index contributed by atoms with van der Waals surface area (Å²) in [4.78, 5) is 20.8. The minimum absolute atomic E-state index is 0.0471. The number of benzene rings is 2. The Bertz CT molecular complexity index is 1010.